The number of nitrogens with one attached hydrogen (secondary N) is 1. The molecule has 0 aromatic rings. The van der Waals surface area contributed by atoms with Crippen molar-refractivity contribution < 1.29 is 23.7 Å². The van der Waals surface area contributed by atoms with Gasteiger partial charge in [0.05, 0.1) is 39.1 Å². The summed E-state index contributed by atoms with van der Waals surface area (Å²) in [5, 5.41) is 2.62. The Morgan fingerprint density at radius 3 is 2.10 bits per heavy atom. The number of alkyl carbamates (subject to hydrolysis) is 1. The van der Waals surface area contributed by atoms with E-state index < -0.39 is 11.7 Å². The van der Waals surface area contributed by atoms with E-state index in [1.165, 1.54) is 0 Å². The minimum absolute atomic E-state index is 0.230. The van der Waals surface area contributed by atoms with E-state index in [1.807, 2.05) is 34.6 Å². The number of hydrogen-bond donors (Lipinski definition) is 1. The van der Waals surface area contributed by atoms with Gasteiger partial charge in [-0.1, -0.05) is 0 Å². The van der Waals surface area contributed by atoms with Gasteiger partial charge in [-0.15, -0.1) is 0 Å². The smallest absolute Gasteiger partial charge is 0.407 e. The normalized spacial score (nSPS) is 11.7. The fraction of sp³-hybridized carbons (Fsp3) is 0.929. The highest BCUT2D eigenvalue weighted by Crippen LogP contribution is 2.05. The molecule has 0 aliphatic rings. The maximum atomic E-state index is 11.3. The molecular weight excluding hydrogens is 262 g/mol. The molecule has 0 saturated carbocycles. The zero-order chi connectivity index (χ0) is 15.4. The lowest BCUT2D eigenvalue weighted by Gasteiger charge is -2.19. The Labute approximate surface area is 122 Å². The molecule has 1 amide bonds. The Kier molecular flexibility index (Phi) is 10.4. The van der Waals surface area contributed by atoms with Crippen molar-refractivity contribution in [2.24, 2.45) is 0 Å². The van der Waals surface area contributed by atoms with Gasteiger partial charge < -0.3 is 24.3 Å². The largest absolute Gasteiger partial charge is 0.444 e. The molecule has 0 bridgehead atoms. The van der Waals surface area contributed by atoms with Crippen LogP contribution in [0.25, 0.3) is 0 Å². The zero-order valence-electron chi connectivity index (χ0n) is 13.4. The predicted octanol–water partition coefficient (Wildman–Crippen LogP) is 1.97. The van der Waals surface area contributed by atoms with Crippen molar-refractivity contribution in [3.05, 3.63) is 0 Å². The van der Waals surface area contributed by atoms with Crippen molar-refractivity contribution in [3.8, 4) is 0 Å². The van der Waals surface area contributed by atoms with Gasteiger partial charge in [-0.25, -0.2) is 4.79 Å². The second kappa shape index (κ2) is 10.9. The average molecular weight is 291 g/mol. The lowest BCUT2D eigenvalue weighted by molar-refractivity contribution is -0.00152. The van der Waals surface area contributed by atoms with Crippen LogP contribution in [-0.4, -0.2) is 57.4 Å². The van der Waals surface area contributed by atoms with Crippen molar-refractivity contribution in [2.45, 2.75) is 46.3 Å². The Bertz CT molecular complexity index is 250. The Morgan fingerprint density at radius 1 is 1.00 bits per heavy atom. The number of rotatable bonds is 10. The van der Waals surface area contributed by atoms with Crippen molar-refractivity contribution >= 4 is 6.09 Å². The van der Waals surface area contributed by atoms with Gasteiger partial charge in [0.15, 0.2) is 0 Å². The predicted molar refractivity (Wildman–Crippen MR) is 77.0 cm³/mol. The van der Waals surface area contributed by atoms with Crippen molar-refractivity contribution in [2.75, 3.05) is 39.6 Å². The summed E-state index contributed by atoms with van der Waals surface area (Å²) >= 11 is 0. The van der Waals surface area contributed by atoms with Crippen LogP contribution in [-0.2, 0) is 18.9 Å². The second-order valence-electron chi connectivity index (χ2n) is 5.57. The van der Waals surface area contributed by atoms with Crippen molar-refractivity contribution in [3.63, 3.8) is 0 Å². The van der Waals surface area contributed by atoms with E-state index in [0.29, 0.717) is 39.6 Å². The van der Waals surface area contributed by atoms with Crippen LogP contribution in [0.2, 0.25) is 0 Å². The first kappa shape index (κ1) is 19.1. The first-order chi connectivity index (χ1) is 9.31. The van der Waals surface area contributed by atoms with Crippen LogP contribution in [0.4, 0.5) is 4.79 Å². The number of carbonyl (C=O) groups excluding carboxylic acids is 1. The molecule has 6 nitrogen and oxygen atoms in total. The van der Waals surface area contributed by atoms with E-state index in [4.69, 9.17) is 18.9 Å². The second-order valence-corrected chi connectivity index (χ2v) is 5.57. The molecule has 0 fully saturated rings. The summed E-state index contributed by atoms with van der Waals surface area (Å²) in [7, 11) is 0. The summed E-state index contributed by atoms with van der Waals surface area (Å²) in [5.41, 5.74) is -0.475. The molecule has 0 saturated heterocycles. The minimum Gasteiger partial charge on any atom is -0.444 e. The highest BCUT2D eigenvalue weighted by Gasteiger charge is 2.15. The molecule has 0 spiro atoms. The summed E-state index contributed by atoms with van der Waals surface area (Å²) in [5.74, 6) is 0. The zero-order valence-corrected chi connectivity index (χ0v) is 13.4. The first-order valence-corrected chi connectivity index (χ1v) is 7.05. The molecule has 0 aliphatic carbocycles. The van der Waals surface area contributed by atoms with Gasteiger partial charge in [-0.05, 0) is 34.6 Å². The lowest BCUT2D eigenvalue weighted by atomic mass is 10.2. The van der Waals surface area contributed by atoms with Crippen LogP contribution in [0.5, 0.6) is 0 Å². The quantitative estimate of drug-likeness (QED) is 0.623. The molecule has 20 heavy (non-hydrogen) atoms. The fourth-order valence-corrected chi connectivity index (χ4v) is 1.20. The molecule has 0 atom stereocenters. The summed E-state index contributed by atoms with van der Waals surface area (Å²) in [6.07, 6.45) is -0.197. The van der Waals surface area contributed by atoms with Crippen LogP contribution >= 0.6 is 0 Å². The molecule has 0 heterocycles. The number of carbonyl (C=O) groups is 1. The van der Waals surface area contributed by atoms with Crippen molar-refractivity contribution in [1.29, 1.82) is 0 Å². The fourth-order valence-electron chi connectivity index (χ4n) is 1.20. The van der Waals surface area contributed by atoms with E-state index in [0.717, 1.165) is 0 Å². The summed E-state index contributed by atoms with van der Waals surface area (Å²) in [6, 6.07) is 0. The Balaban J connectivity index is 3.23. The Morgan fingerprint density at radius 2 is 1.55 bits per heavy atom. The number of hydrogen-bond acceptors (Lipinski definition) is 5. The average Bonchev–Trinajstić information content (AvgIpc) is 2.28. The third-order valence-electron chi connectivity index (χ3n) is 1.97. The van der Waals surface area contributed by atoms with E-state index in [1.54, 1.807) is 0 Å². The molecule has 6 heteroatoms. The summed E-state index contributed by atoms with van der Waals surface area (Å²) in [4.78, 5) is 11.3. The molecule has 0 rings (SSSR count). The molecular formula is C14H29NO5. The van der Waals surface area contributed by atoms with Crippen LogP contribution < -0.4 is 5.32 Å². The summed E-state index contributed by atoms with van der Waals surface area (Å²) < 4.78 is 21.0. The van der Waals surface area contributed by atoms with Gasteiger partial charge in [-0.2, -0.15) is 0 Å². The number of ether oxygens (including phenoxy) is 4. The van der Waals surface area contributed by atoms with E-state index in [9.17, 15) is 4.79 Å². The van der Waals surface area contributed by atoms with Crippen LogP contribution in [0.3, 0.4) is 0 Å². The molecule has 0 aromatic carbocycles. The third-order valence-corrected chi connectivity index (χ3v) is 1.97. The Hall–Kier alpha value is -0.850. The molecule has 0 aliphatic heterocycles. The van der Waals surface area contributed by atoms with Crippen LogP contribution in [0, 0.1) is 0 Å². The maximum Gasteiger partial charge on any atom is 0.407 e. The van der Waals surface area contributed by atoms with Crippen LogP contribution in [0.15, 0.2) is 0 Å². The van der Waals surface area contributed by atoms with Gasteiger partial charge >= 0.3 is 6.09 Å². The van der Waals surface area contributed by atoms with E-state index in [2.05, 4.69) is 5.32 Å². The highest BCUT2D eigenvalue weighted by molar-refractivity contribution is 5.67. The third kappa shape index (κ3) is 15.2. The van der Waals surface area contributed by atoms with E-state index in [-0.39, 0.29) is 6.10 Å². The maximum absolute atomic E-state index is 11.3. The molecule has 0 unspecified atom stereocenters. The highest BCUT2D eigenvalue weighted by atomic mass is 16.6. The molecule has 0 aromatic heterocycles. The number of amides is 1. The SMILES string of the molecule is CC(C)OCCOCCOCCNC(=O)OC(C)(C)C. The minimum atomic E-state index is -0.475. The molecule has 1 N–H and O–H groups in total. The van der Waals surface area contributed by atoms with Crippen LogP contribution in [0.1, 0.15) is 34.6 Å². The first-order valence-electron chi connectivity index (χ1n) is 7.05. The summed E-state index contributed by atoms with van der Waals surface area (Å²) in [6.45, 7) is 12.5. The van der Waals surface area contributed by atoms with Gasteiger partial charge in [0.2, 0.25) is 0 Å². The van der Waals surface area contributed by atoms with Gasteiger partial charge in [0, 0.05) is 6.54 Å². The monoisotopic (exact) mass is 291 g/mol. The van der Waals surface area contributed by atoms with E-state index >= 15 is 0 Å². The van der Waals surface area contributed by atoms with Gasteiger partial charge in [-0.3, -0.25) is 0 Å². The molecule has 0 radical (unpaired) electrons. The van der Waals surface area contributed by atoms with Gasteiger partial charge in [0.1, 0.15) is 5.60 Å². The lowest BCUT2D eigenvalue weighted by Crippen LogP contribution is -2.34. The standard InChI is InChI=1S/C14H29NO5/c1-12(2)19-11-10-18-9-8-17-7-6-15-13(16)20-14(3,4)5/h12H,6-11H2,1-5H3,(H,15,16). The topological polar surface area (TPSA) is 66.0 Å². The van der Waals surface area contributed by atoms with Gasteiger partial charge in [0.25, 0.3) is 0 Å². The van der Waals surface area contributed by atoms with Crippen molar-refractivity contribution in [1.82, 2.24) is 5.32 Å². The molecule has 120 valence electrons.